The van der Waals surface area contributed by atoms with Gasteiger partial charge < -0.3 is 14.4 Å². The van der Waals surface area contributed by atoms with Gasteiger partial charge in [0.05, 0.1) is 0 Å². The third-order valence-corrected chi connectivity index (χ3v) is 5.75. The first-order valence-electron chi connectivity index (χ1n) is 8.65. The molecule has 25 heavy (non-hydrogen) atoms. The maximum absolute atomic E-state index is 12.5. The predicted molar refractivity (Wildman–Crippen MR) is 98.3 cm³/mol. The summed E-state index contributed by atoms with van der Waals surface area (Å²) in [5.41, 5.74) is 1.23. The van der Waals surface area contributed by atoms with Crippen molar-refractivity contribution in [3.63, 3.8) is 0 Å². The van der Waals surface area contributed by atoms with Gasteiger partial charge in [0.2, 0.25) is 12.7 Å². The van der Waals surface area contributed by atoms with E-state index >= 15 is 0 Å². The van der Waals surface area contributed by atoms with Crippen molar-refractivity contribution in [2.45, 2.75) is 23.7 Å². The predicted octanol–water partition coefficient (Wildman–Crippen LogP) is 3.91. The van der Waals surface area contributed by atoms with Crippen molar-refractivity contribution in [1.29, 1.82) is 0 Å². The van der Waals surface area contributed by atoms with Crippen LogP contribution < -0.4 is 9.47 Å². The van der Waals surface area contributed by atoms with Gasteiger partial charge in [0.15, 0.2) is 11.5 Å². The molecule has 1 saturated heterocycles. The van der Waals surface area contributed by atoms with E-state index in [2.05, 4.69) is 24.3 Å². The van der Waals surface area contributed by atoms with Crippen molar-refractivity contribution in [3.8, 4) is 11.5 Å². The molecule has 0 bridgehead atoms. The van der Waals surface area contributed by atoms with E-state index in [1.54, 1.807) is 11.8 Å². The molecule has 2 aromatic rings. The molecule has 2 aliphatic heterocycles. The summed E-state index contributed by atoms with van der Waals surface area (Å²) in [4.78, 5) is 15.7. The topological polar surface area (TPSA) is 38.8 Å². The van der Waals surface area contributed by atoms with E-state index in [1.165, 1.54) is 10.5 Å². The van der Waals surface area contributed by atoms with Crippen LogP contribution in [0.3, 0.4) is 0 Å². The number of carbonyl (C=O) groups excluding carboxylic acids is 1. The highest BCUT2D eigenvalue weighted by molar-refractivity contribution is 7.99. The molecule has 0 aromatic heterocycles. The number of ether oxygens (including phenoxy) is 2. The lowest BCUT2D eigenvalue weighted by atomic mass is 9.98. The number of amides is 1. The first kappa shape index (κ1) is 16.3. The Balaban J connectivity index is 1.29. The lowest BCUT2D eigenvalue weighted by molar-refractivity contribution is -0.129. The number of rotatable bonds is 5. The van der Waals surface area contributed by atoms with Crippen LogP contribution in [0.1, 0.15) is 24.3 Å². The van der Waals surface area contributed by atoms with Gasteiger partial charge in [-0.3, -0.25) is 4.79 Å². The zero-order valence-corrected chi connectivity index (χ0v) is 14.8. The molecule has 0 radical (unpaired) electrons. The Bertz CT molecular complexity index is 750. The molecule has 0 spiro atoms. The molecular formula is C20H21NO3S. The lowest BCUT2D eigenvalue weighted by Crippen LogP contribution is -2.28. The molecule has 5 heteroatoms. The minimum absolute atomic E-state index is 0.256. The van der Waals surface area contributed by atoms with Crippen molar-refractivity contribution < 1.29 is 14.3 Å². The highest BCUT2D eigenvalue weighted by Gasteiger charge is 2.28. The van der Waals surface area contributed by atoms with Gasteiger partial charge in [-0.15, -0.1) is 11.8 Å². The number of hydrogen-bond acceptors (Lipinski definition) is 4. The minimum Gasteiger partial charge on any atom is -0.454 e. The fourth-order valence-corrected chi connectivity index (χ4v) is 4.22. The van der Waals surface area contributed by atoms with E-state index < -0.39 is 0 Å². The second-order valence-corrected chi connectivity index (χ2v) is 7.52. The molecule has 130 valence electrons. The highest BCUT2D eigenvalue weighted by atomic mass is 32.2. The number of carbonyl (C=O) groups is 1. The van der Waals surface area contributed by atoms with Gasteiger partial charge in [-0.25, -0.2) is 0 Å². The number of nitrogens with zero attached hydrogens (tertiary/aromatic N) is 1. The van der Waals surface area contributed by atoms with Gasteiger partial charge in [-0.1, -0.05) is 24.3 Å². The Morgan fingerprint density at radius 1 is 1.12 bits per heavy atom. The van der Waals surface area contributed by atoms with Crippen molar-refractivity contribution in [2.75, 3.05) is 25.6 Å². The Labute approximate surface area is 152 Å². The van der Waals surface area contributed by atoms with Crippen LogP contribution in [0.5, 0.6) is 11.5 Å². The number of likely N-dealkylation sites (tertiary alicyclic amines) is 1. The van der Waals surface area contributed by atoms with Crippen molar-refractivity contribution in [2.24, 2.45) is 0 Å². The molecule has 1 amide bonds. The molecule has 0 N–H and O–H groups in total. The van der Waals surface area contributed by atoms with Crippen molar-refractivity contribution in [3.05, 3.63) is 54.1 Å². The quantitative estimate of drug-likeness (QED) is 0.762. The van der Waals surface area contributed by atoms with Crippen LogP contribution in [0.4, 0.5) is 0 Å². The molecule has 1 atom stereocenters. The van der Waals surface area contributed by atoms with Gasteiger partial charge in [-0.05, 0) is 36.2 Å². The number of benzene rings is 2. The minimum atomic E-state index is 0.256. The Hall–Kier alpha value is -2.14. The Morgan fingerprint density at radius 2 is 1.96 bits per heavy atom. The summed E-state index contributed by atoms with van der Waals surface area (Å²) in [6, 6.07) is 16.4. The third-order valence-electron chi connectivity index (χ3n) is 4.74. The monoisotopic (exact) mass is 355 g/mol. The molecule has 4 nitrogen and oxygen atoms in total. The maximum atomic E-state index is 12.5. The van der Waals surface area contributed by atoms with Crippen LogP contribution in [-0.2, 0) is 4.79 Å². The first-order chi connectivity index (χ1) is 12.3. The van der Waals surface area contributed by atoms with E-state index in [9.17, 15) is 4.79 Å². The molecule has 4 rings (SSSR count). The van der Waals surface area contributed by atoms with Gasteiger partial charge >= 0.3 is 0 Å². The second kappa shape index (κ2) is 7.40. The van der Waals surface area contributed by atoms with E-state index in [1.807, 2.05) is 29.2 Å². The summed E-state index contributed by atoms with van der Waals surface area (Å²) in [6.07, 6.45) is 1.60. The summed E-state index contributed by atoms with van der Waals surface area (Å²) in [5, 5.41) is 0. The standard InChI is InChI=1S/C20H21NO3S/c22-20(9-11-25-17-4-2-1-3-5-17)21-10-8-16(13-21)15-6-7-18-19(12-15)24-14-23-18/h1-7,12,16H,8-11,13-14H2. The average molecular weight is 355 g/mol. The molecule has 2 aliphatic rings. The molecule has 1 fully saturated rings. The number of thioether (sulfide) groups is 1. The molecule has 0 saturated carbocycles. The number of fused-ring (bicyclic) bond motifs is 1. The maximum Gasteiger partial charge on any atom is 0.231 e. The third kappa shape index (κ3) is 3.76. The Morgan fingerprint density at radius 3 is 2.84 bits per heavy atom. The van der Waals surface area contributed by atoms with Crippen LogP contribution in [0, 0.1) is 0 Å². The van der Waals surface area contributed by atoms with Crippen molar-refractivity contribution in [1.82, 2.24) is 4.90 Å². The SMILES string of the molecule is O=C(CCSc1ccccc1)N1CCC(c2ccc3c(c2)OCO3)C1. The van der Waals surface area contributed by atoms with E-state index in [-0.39, 0.29) is 5.91 Å². The number of hydrogen-bond donors (Lipinski definition) is 0. The average Bonchev–Trinajstić information content (AvgIpc) is 3.31. The Kier molecular flexibility index (Phi) is 4.83. The summed E-state index contributed by atoms with van der Waals surface area (Å²) < 4.78 is 10.8. The fraction of sp³-hybridized carbons (Fsp3) is 0.350. The largest absolute Gasteiger partial charge is 0.454 e. The van der Waals surface area contributed by atoms with E-state index in [0.717, 1.165) is 36.8 Å². The lowest BCUT2D eigenvalue weighted by Gasteiger charge is -2.17. The summed E-state index contributed by atoms with van der Waals surface area (Å²) in [6.45, 7) is 1.94. The molecule has 1 unspecified atom stereocenters. The molecule has 2 aromatic carbocycles. The second-order valence-electron chi connectivity index (χ2n) is 6.35. The zero-order chi connectivity index (χ0) is 17.1. The van der Waals surface area contributed by atoms with Gasteiger partial charge in [0.1, 0.15) is 0 Å². The smallest absolute Gasteiger partial charge is 0.231 e. The van der Waals surface area contributed by atoms with E-state index in [0.29, 0.717) is 19.1 Å². The van der Waals surface area contributed by atoms with Gasteiger partial charge in [0, 0.05) is 36.1 Å². The fourth-order valence-electron chi connectivity index (χ4n) is 3.36. The highest BCUT2D eigenvalue weighted by Crippen LogP contribution is 2.37. The van der Waals surface area contributed by atoms with Crippen LogP contribution in [0.25, 0.3) is 0 Å². The summed E-state index contributed by atoms with van der Waals surface area (Å²) >= 11 is 1.74. The normalized spacial score (nSPS) is 18.6. The summed E-state index contributed by atoms with van der Waals surface area (Å²) in [5.74, 6) is 3.11. The van der Waals surface area contributed by atoms with Crippen LogP contribution in [0.2, 0.25) is 0 Å². The van der Waals surface area contributed by atoms with Crippen LogP contribution >= 0.6 is 11.8 Å². The van der Waals surface area contributed by atoms with Gasteiger partial charge in [-0.2, -0.15) is 0 Å². The summed E-state index contributed by atoms with van der Waals surface area (Å²) in [7, 11) is 0. The molecule has 2 heterocycles. The van der Waals surface area contributed by atoms with Crippen LogP contribution in [0.15, 0.2) is 53.4 Å². The van der Waals surface area contributed by atoms with E-state index in [4.69, 9.17) is 9.47 Å². The van der Waals surface area contributed by atoms with Crippen molar-refractivity contribution >= 4 is 17.7 Å². The van der Waals surface area contributed by atoms with Crippen LogP contribution in [-0.4, -0.2) is 36.4 Å². The zero-order valence-electron chi connectivity index (χ0n) is 14.0. The van der Waals surface area contributed by atoms with Gasteiger partial charge in [0.25, 0.3) is 0 Å². The first-order valence-corrected chi connectivity index (χ1v) is 9.63. The molecular weight excluding hydrogens is 334 g/mol. The molecule has 0 aliphatic carbocycles.